The fraction of sp³-hybridized carbons (Fsp3) is 0.579. The molecule has 1 aromatic carbocycles. The normalized spacial score (nSPS) is 16.7. The van der Waals surface area contributed by atoms with Crippen LogP contribution in [-0.4, -0.2) is 43.6 Å². The van der Waals surface area contributed by atoms with E-state index in [0.717, 1.165) is 17.7 Å². The number of amides is 2. The van der Waals surface area contributed by atoms with Gasteiger partial charge in [0.15, 0.2) is 0 Å². The van der Waals surface area contributed by atoms with Crippen molar-refractivity contribution in [3.05, 3.63) is 35.4 Å². The van der Waals surface area contributed by atoms with E-state index < -0.39 is 17.8 Å². The zero-order valence-electron chi connectivity index (χ0n) is 15.5. The molecular weight excluding hydrogens is 361 g/mol. The molecule has 0 spiro atoms. The van der Waals surface area contributed by atoms with Crippen molar-refractivity contribution in [1.82, 2.24) is 10.2 Å². The average Bonchev–Trinajstić information content (AvgIpc) is 2.67. The number of ether oxygens (including phenoxy) is 1. The molecule has 0 bridgehead atoms. The van der Waals surface area contributed by atoms with Gasteiger partial charge in [0.05, 0.1) is 18.6 Å². The fourth-order valence-corrected chi connectivity index (χ4v) is 3.32. The molecule has 0 saturated carbocycles. The van der Waals surface area contributed by atoms with Crippen molar-refractivity contribution in [2.75, 3.05) is 26.7 Å². The minimum Gasteiger partial charge on any atom is -0.453 e. The molecule has 1 aliphatic rings. The van der Waals surface area contributed by atoms with Gasteiger partial charge in [-0.15, -0.1) is 0 Å². The molecule has 1 atom stereocenters. The van der Waals surface area contributed by atoms with Crippen LogP contribution in [0.15, 0.2) is 24.3 Å². The summed E-state index contributed by atoms with van der Waals surface area (Å²) in [7, 11) is 1.27. The Hall–Kier alpha value is -2.25. The Kier molecular flexibility index (Phi) is 7.10. The summed E-state index contributed by atoms with van der Waals surface area (Å²) in [6, 6.07) is 5.27. The monoisotopic (exact) mass is 386 g/mol. The van der Waals surface area contributed by atoms with Crippen molar-refractivity contribution < 1.29 is 27.5 Å². The molecule has 8 heteroatoms. The van der Waals surface area contributed by atoms with Gasteiger partial charge >= 0.3 is 12.3 Å². The predicted molar refractivity (Wildman–Crippen MR) is 94.2 cm³/mol. The molecule has 2 rings (SSSR count). The first kappa shape index (κ1) is 21.1. The van der Waals surface area contributed by atoms with E-state index in [1.54, 1.807) is 4.90 Å². The highest BCUT2D eigenvalue weighted by atomic mass is 19.4. The van der Waals surface area contributed by atoms with Crippen molar-refractivity contribution >= 4 is 12.0 Å². The van der Waals surface area contributed by atoms with Crippen LogP contribution >= 0.6 is 0 Å². The van der Waals surface area contributed by atoms with E-state index in [4.69, 9.17) is 0 Å². The topological polar surface area (TPSA) is 58.6 Å². The van der Waals surface area contributed by atoms with Crippen LogP contribution < -0.4 is 5.32 Å². The molecule has 0 aromatic heterocycles. The van der Waals surface area contributed by atoms with Crippen molar-refractivity contribution in [3.63, 3.8) is 0 Å². The minimum absolute atomic E-state index is 0.0141. The molecule has 1 N–H and O–H groups in total. The van der Waals surface area contributed by atoms with Gasteiger partial charge in [-0.2, -0.15) is 13.2 Å². The van der Waals surface area contributed by atoms with E-state index in [9.17, 15) is 22.8 Å². The number of alkyl carbamates (subject to hydrolysis) is 1. The van der Waals surface area contributed by atoms with E-state index in [-0.39, 0.29) is 24.3 Å². The van der Waals surface area contributed by atoms with Gasteiger partial charge in [0, 0.05) is 19.6 Å². The molecular formula is C19H25F3N2O3. The third kappa shape index (κ3) is 5.61. The van der Waals surface area contributed by atoms with Gasteiger partial charge in [0.2, 0.25) is 5.91 Å². The fourth-order valence-electron chi connectivity index (χ4n) is 3.32. The molecule has 1 fully saturated rings. The van der Waals surface area contributed by atoms with Crippen LogP contribution in [0.25, 0.3) is 0 Å². The SMILES string of the molecule is CCC(CNC(=O)OC)C(=O)N1CCC(c2ccc(C(F)(F)F)cc2)CC1. The smallest absolute Gasteiger partial charge is 0.416 e. The second-order valence-corrected chi connectivity index (χ2v) is 6.70. The first-order valence-corrected chi connectivity index (χ1v) is 9.04. The van der Waals surface area contributed by atoms with Crippen LogP contribution in [0.1, 0.15) is 43.2 Å². The zero-order chi connectivity index (χ0) is 20.0. The zero-order valence-corrected chi connectivity index (χ0v) is 15.5. The summed E-state index contributed by atoms with van der Waals surface area (Å²) in [6.45, 7) is 3.22. The van der Waals surface area contributed by atoms with Crippen LogP contribution in [0.2, 0.25) is 0 Å². The van der Waals surface area contributed by atoms with Crippen molar-refractivity contribution in [2.24, 2.45) is 5.92 Å². The Morgan fingerprint density at radius 1 is 1.22 bits per heavy atom. The van der Waals surface area contributed by atoms with Gasteiger partial charge < -0.3 is 15.0 Å². The molecule has 5 nitrogen and oxygen atoms in total. The number of rotatable bonds is 5. The first-order chi connectivity index (χ1) is 12.8. The highest BCUT2D eigenvalue weighted by molar-refractivity contribution is 5.80. The van der Waals surface area contributed by atoms with Gasteiger partial charge in [-0.25, -0.2) is 4.79 Å². The maximum Gasteiger partial charge on any atom is 0.416 e. The lowest BCUT2D eigenvalue weighted by Gasteiger charge is -2.34. The quantitative estimate of drug-likeness (QED) is 0.838. The Balaban J connectivity index is 1.90. The lowest BCUT2D eigenvalue weighted by molar-refractivity contribution is -0.138. The van der Waals surface area contributed by atoms with Gasteiger partial charge in [-0.1, -0.05) is 19.1 Å². The molecule has 1 aliphatic heterocycles. The molecule has 150 valence electrons. The van der Waals surface area contributed by atoms with Crippen molar-refractivity contribution in [3.8, 4) is 0 Å². The van der Waals surface area contributed by atoms with Gasteiger partial charge in [0.25, 0.3) is 0 Å². The van der Waals surface area contributed by atoms with Gasteiger partial charge in [0.1, 0.15) is 0 Å². The highest BCUT2D eigenvalue weighted by Crippen LogP contribution is 2.33. The molecule has 0 aliphatic carbocycles. The molecule has 1 aromatic rings. The maximum absolute atomic E-state index is 12.7. The van der Waals surface area contributed by atoms with E-state index >= 15 is 0 Å². The Morgan fingerprint density at radius 3 is 2.30 bits per heavy atom. The number of benzene rings is 1. The van der Waals surface area contributed by atoms with E-state index in [1.807, 2.05) is 6.92 Å². The maximum atomic E-state index is 12.7. The summed E-state index contributed by atoms with van der Waals surface area (Å²) < 4.78 is 42.5. The minimum atomic E-state index is -4.33. The molecule has 1 heterocycles. The standard InChI is InChI=1S/C19H25F3N2O3/c1-3-13(12-23-18(26)27-2)17(25)24-10-8-15(9-11-24)14-4-6-16(7-5-14)19(20,21)22/h4-7,13,15H,3,8-12H2,1-2H3,(H,23,26). The lowest BCUT2D eigenvalue weighted by atomic mass is 9.88. The Bertz CT molecular complexity index is 639. The van der Waals surface area contributed by atoms with Crippen LogP contribution in [-0.2, 0) is 15.7 Å². The second-order valence-electron chi connectivity index (χ2n) is 6.70. The molecule has 2 amide bonds. The summed E-state index contributed by atoms with van der Waals surface area (Å²) in [4.78, 5) is 25.6. The van der Waals surface area contributed by atoms with E-state index in [0.29, 0.717) is 32.4 Å². The number of methoxy groups -OCH3 is 1. The number of hydrogen-bond donors (Lipinski definition) is 1. The Labute approximate surface area is 156 Å². The van der Waals surface area contributed by atoms with Crippen LogP contribution in [0.5, 0.6) is 0 Å². The summed E-state index contributed by atoms with van der Waals surface area (Å²) in [5.41, 5.74) is 0.220. The molecule has 1 saturated heterocycles. The molecule has 1 unspecified atom stereocenters. The van der Waals surface area contributed by atoms with Crippen LogP contribution in [0, 0.1) is 5.92 Å². The number of carbonyl (C=O) groups excluding carboxylic acids is 2. The number of hydrogen-bond acceptors (Lipinski definition) is 3. The van der Waals surface area contributed by atoms with E-state index in [1.165, 1.54) is 19.2 Å². The average molecular weight is 386 g/mol. The Morgan fingerprint density at radius 2 is 1.81 bits per heavy atom. The summed E-state index contributed by atoms with van der Waals surface area (Å²) >= 11 is 0. The number of carbonyl (C=O) groups is 2. The van der Waals surface area contributed by atoms with E-state index in [2.05, 4.69) is 10.1 Å². The summed E-state index contributed by atoms with van der Waals surface area (Å²) in [5.74, 6) is -0.184. The number of nitrogens with one attached hydrogen (secondary N) is 1. The van der Waals surface area contributed by atoms with Crippen LogP contribution in [0.4, 0.5) is 18.0 Å². The number of halogens is 3. The molecule has 0 radical (unpaired) electrons. The first-order valence-electron chi connectivity index (χ1n) is 9.04. The number of piperidine rings is 1. The number of nitrogens with zero attached hydrogens (tertiary/aromatic N) is 1. The van der Waals surface area contributed by atoms with Crippen LogP contribution in [0.3, 0.4) is 0 Å². The predicted octanol–water partition coefficient (Wildman–Crippen LogP) is 3.79. The summed E-state index contributed by atoms with van der Waals surface area (Å²) in [6.07, 6.45) is -2.89. The third-order valence-corrected chi connectivity index (χ3v) is 5.04. The van der Waals surface area contributed by atoms with Gasteiger partial charge in [-0.05, 0) is 42.9 Å². The number of alkyl halides is 3. The lowest BCUT2D eigenvalue weighted by Crippen LogP contribution is -2.44. The largest absolute Gasteiger partial charge is 0.453 e. The summed E-state index contributed by atoms with van der Waals surface area (Å²) in [5, 5.41) is 2.55. The number of likely N-dealkylation sites (tertiary alicyclic amines) is 1. The molecule has 27 heavy (non-hydrogen) atoms. The van der Waals surface area contributed by atoms with Crippen molar-refractivity contribution in [1.29, 1.82) is 0 Å². The second kappa shape index (κ2) is 9.10. The third-order valence-electron chi connectivity index (χ3n) is 5.04. The van der Waals surface area contributed by atoms with Crippen molar-refractivity contribution in [2.45, 2.75) is 38.3 Å². The highest BCUT2D eigenvalue weighted by Gasteiger charge is 2.31. The van der Waals surface area contributed by atoms with Gasteiger partial charge in [-0.3, -0.25) is 4.79 Å².